The van der Waals surface area contributed by atoms with E-state index in [0.717, 1.165) is 10.0 Å². The van der Waals surface area contributed by atoms with Crippen molar-refractivity contribution in [3.8, 4) is 0 Å². The largest absolute Gasteiger partial charge is 0.311 e. The Morgan fingerprint density at radius 2 is 2.27 bits per heavy atom. The molecule has 1 aromatic rings. The molecular formula is C11H13BrClNO. The molecule has 0 amide bonds. The van der Waals surface area contributed by atoms with E-state index >= 15 is 0 Å². The van der Waals surface area contributed by atoms with Crippen LogP contribution in [0.3, 0.4) is 0 Å². The molecule has 1 N–H and O–H groups in total. The van der Waals surface area contributed by atoms with E-state index in [1.54, 1.807) is 13.1 Å². The number of carbonyl (C=O) groups is 1. The Kier molecular flexibility index (Phi) is 4.77. The summed E-state index contributed by atoms with van der Waals surface area (Å²) in [5, 5.41) is 3.54. The second-order valence-corrected chi connectivity index (χ2v) is 4.71. The molecule has 1 atom stereocenters. The Hall–Kier alpha value is -0.380. The molecule has 4 heteroatoms. The number of nitrogens with one attached hydrogen (secondary N) is 1. The van der Waals surface area contributed by atoms with Crippen molar-refractivity contribution >= 4 is 33.3 Å². The van der Waals surface area contributed by atoms with Crippen molar-refractivity contribution in [2.24, 2.45) is 0 Å². The van der Waals surface area contributed by atoms with Gasteiger partial charge in [0.2, 0.25) is 0 Å². The van der Waals surface area contributed by atoms with Crippen molar-refractivity contribution in [3.05, 3.63) is 33.3 Å². The van der Waals surface area contributed by atoms with Crippen molar-refractivity contribution in [3.63, 3.8) is 0 Å². The molecule has 0 aliphatic carbocycles. The standard InChI is InChI=1S/C11H13BrClNO/c1-7(14-2)11(15)5-8-3-4-9(12)6-10(8)13/h3-4,6-7,14H,5H2,1-2H3. The molecule has 1 aromatic carbocycles. The van der Waals surface area contributed by atoms with Crippen LogP contribution in [0.2, 0.25) is 5.02 Å². The maximum atomic E-state index is 11.6. The van der Waals surface area contributed by atoms with Gasteiger partial charge in [-0.1, -0.05) is 33.6 Å². The lowest BCUT2D eigenvalue weighted by molar-refractivity contribution is -0.119. The average molecular weight is 291 g/mol. The van der Waals surface area contributed by atoms with Crippen molar-refractivity contribution < 1.29 is 4.79 Å². The van der Waals surface area contributed by atoms with E-state index in [9.17, 15) is 4.79 Å². The van der Waals surface area contributed by atoms with Crippen LogP contribution in [0.25, 0.3) is 0 Å². The van der Waals surface area contributed by atoms with Gasteiger partial charge in [0.15, 0.2) is 5.78 Å². The molecule has 0 spiro atoms. The number of likely N-dealkylation sites (N-methyl/N-ethyl adjacent to an activating group) is 1. The molecule has 0 bridgehead atoms. The lowest BCUT2D eigenvalue weighted by atomic mass is 10.1. The third kappa shape index (κ3) is 3.59. The second kappa shape index (κ2) is 5.64. The molecule has 0 fully saturated rings. The van der Waals surface area contributed by atoms with Gasteiger partial charge < -0.3 is 5.32 Å². The van der Waals surface area contributed by atoms with Crippen molar-refractivity contribution in [2.75, 3.05) is 7.05 Å². The monoisotopic (exact) mass is 289 g/mol. The van der Waals surface area contributed by atoms with Gasteiger partial charge in [-0.3, -0.25) is 4.79 Å². The van der Waals surface area contributed by atoms with Crippen LogP contribution >= 0.6 is 27.5 Å². The van der Waals surface area contributed by atoms with Gasteiger partial charge >= 0.3 is 0 Å². The molecule has 0 saturated carbocycles. The zero-order valence-corrected chi connectivity index (χ0v) is 11.0. The highest BCUT2D eigenvalue weighted by molar-refractivity contribution is 9.10. The summed E-state index contributed by atoms with van der Waals surface area (Å²) in [5.74, 6) is 0.140. The van der Waals surface area contributed by atoms with Gasteiger partial charge in [-0.25, -0.2) is 0 Å². The second-order valence-electron chi connectivity index (χ2n) is 3.39. The Morgan fingerprint density at radius 1 is 1.60 bits per heavy atom. The van der Waals surface area contributed by atoms with Crippen LogP contribution in [-0.2, 0) is 11.2 Å². The van der Waals surface area contributed by atoms with Crippen LogP contribution in [-0.4, -0.2) is 18.9 Å². The van der Waals surface area contributed by atoms with Crippen molar-refractivity contribution in [1.82, 2.24) is 5.32 Å². The normalized spacial score (nSPS) is 12.5. The topological polar surface area (TPSA) is 29.1 Å². The SMILES string of the molecule is CNC(C)C(=O)Cc1ccc(Br)cc1Cl. The van der Waals surface area contributed by atoms with Crippen LogP contribution in [0.4, 0.5) is 0 Å². The summed E-state index contributed by atoms with van der Waals surface area (Å²) in [6, 6.07) is 5.42. The van der Waals surface area contributed by atoms with E-state index in [4.69, 9.17) is 11.6 Å². The van der Waals surface area contributed by atoms with E-state index in [0.29, 0.717) is 11.4 Å². The number of hydrogen-bond acceptors (Lipinski definition) is 2. The predicted octanol–water partition coefficient (Wildman–Crippen LogP) is 2.82. The van der Waals surface area contributed by atoms with E-state index in [1.165, 1.54) is 0 Å². The number of carbonyl (C=O) groups excluding carboxylic acids is 1. The van der Waals surface area contributed by atoms with Crippen LogP contribution in [0.5, 0.6) is 0 Å². The summed E-state index contributed by atoms with van der Waals surface area (Å²) >= 11 is 9.34. The Morgan fingerprint density at radius 3 is 2.80 bits per heavy atom. The lowest BCUT2D eigenvalue weighted by Crippen LogP contribution is -2.31. The predicted molar refractivity (Wildman–Crippen MR) is 66.4 cm³/mol. The van der Waals surface area contributed by atoms with Gasteiger partial charge in [0.25, 0.3) is 0 Å². The van der Waals surface area contributed by atoms with Crippen LogP contribution in [0, 0.1) is 0 Å². The van der Waals surface area contributed by atoms with E-state index in [-0.39, 0.29) is 11.8 Å². The van der Waals surface area contributed by atoms with Gasteiger partial charge in [-0.05, 0) is 31.7 Å². The third-order valence-electron chi connectivity index (χ3n) is 2.30. The minimum absolute atomic E-state index is 0.135. The molecule has 82 valence electrons. The first-order chi connectivity index (χ1) is 7.04. The fourth-order valence-corrected chi connectivity index (χ4v) is 1.91. The number of Topliss-reactive ketones (excluding diaryl/α,β-unsaturated/α-hetero) is 1. The molecular weight excluding hydrogens is 277 g/mol. The van der Waals surface area contributed by atoms with Gasteiger partial charge in [0.1, 0.15) is 0 Å². The maximum Gasteiger partial charge on any atom is 0.153 e. The first-order valence-electron chi connectivity index (χ1n) is 4.68. The zero-order chi connectivity index (χ0) is 11.4. The molecule has 15 heavy (non-hydrogen) atoms. The number of halogens is 2. The molecule has 1 unspecified atom stereocenters. The van der Waals surface area contributed by atoms with E-state index < -0.39 is 0 Å². The summed E-state index contributed by atoms with van der Waals surface area (Å²) in [6.45, 7) is 1.84. The molecule has 0 radical (unpaired) electrons. The summed E-state index contributed by atoms with van der Waals surface area (Å²) in [7, 11) is 1.77. The smallest absolute Gasteiger partial charge is 0.153 e. The first-order valence-corrected chi connectivity index (χ1v) is 5.85. The molecule has 0 aromatic heterocycles. The number of rotatable bonds is 4. The molecule has 0 aliphatic rings. The van der Waals surface area contributed by atoms with Crippen LogP contribution in [0.1, 0.15) is 12.5 Å². The van der Waals surface area contributed by atoms with Crippen LogP contribution in [0.15, 0.2) is 22.7 Å². The van der Waals surface area contributed by atoms with Crippen LogP contribution < -0.4 is 5.32 Å². The van der Waals surface area contributed by atoms with Gasteiger partial charge in [-0.15, -0.1) is 0 Å². The fraction of sp³-hybridized carbons (Fsp3) is 0.364. The maximum absolute atomic E-state index is 11.6. The van der Waals surface area contributed by atoms with E-state index in [2.05, 4.69) is 21.2 Å². The lowest BCUT2D eigenvalue weighted by Gasteiger charge is -2.09. The Labute approximate surface area is 103 Å². The highest BCUT2D eigenvalue weighted by atomic mass is 79.9. The summed E-state index contributed by atoms with van der Waals surface area (Å²) < 4.78 is 0.922. The molecule has 0 saturated heterocycles. The summed E-state index contributed by atoms with van der Waals surface area (Å²) in [6.07, 6.45) is 0.369. The summed E-state index contributed by atoms with van der Waals surface area (Å²) in [4.78, 5) is 11.6. The number of hydrogen-bond donors (Lipinski definition) is 1. The minimum Gasteiger partial charge on any atom is -0.311 e. The first kappa shape index (κ1) is 12.7. The third-order valence-corrected chi connectivity index (χ3v) is 3.14. The zero-order valence-electron chi connectivity index (χ0n) is 8.68. The molecule has 2 nitrogen and oxygen atoms in total. The minimum atomic E-state index is -0.135. The highest BCUT2D eigenvalue weighted by Gasteiger charge is 2.12. The molecule has 0 aliphatic heterocycles. The van der Waals surface area contributed by atoms with Gasteiger partial charge in [-0.2, -0.15) is 0 Å². The quantitative estimate of drug-likeness (QED) is 0.924. The average Bonchev–Trinajstić information content (AvgIpc) is 2.20. The molecule has 0 heterocycles. The Balaban J connectivity index is 2.77. The number of benzene rings is 1. The highest BCUT2D eigenvalue weighted by Crippen LogP contribution is 2.22. The number of ketones is 1. The van der Waals surface area contributed by atoms with Crippen molar-refractivity contribution in [1.29, 1.82) is 0 Å². The summed E-state index contributed by atoms with van der Waals surface area (Å²) in [5.41, 5.74) is 0.868. The van der Waals surface area contributed by atoms with Crippen molar-refractivity contribution in [2.45, 2.75) is 19.4 Å². The molecule has 1 rings (SSSR count). The Bertz CT molecular complexity index is 368. The van der Waals surface area contributed by atoms with E-state index in [1.807, 2.05) is 19.1 Å². The van der Waals surface area contributed by atoms with Gasteiger partial charge in [0, 0.05) is 15.9 Å². The van der Waals surface area contributed by atoms with Gasteiger partial charge in [0.05, 0.1) is 6.04 Å². The fourth-order valence-electron chi connectivity index (χ4n) is 1.17.